The van der Waals surface area contributed by atoms with Crippen LogP contribution in [0.5, 0.6) is 0 Å². The van der Waals surface area contributed by atoms with E-state index in [1.54, 1.807) is 24.3 Å². The summed E-state index contributed by atoms with van der Waals surface area (Å²) in [6, 6.07) is 6.42. The van der Waals surface area contributed by atoms with E-state index < -0.39 is 36.1 Å². The molecule has 0 spiro atoms. The summed E-state index contributed by atoms with van der Waals surface area (Å²) in [6.07, 6.45) is -4.63. The number of halogens is 3. The van der Waals surface area contributed by atoms with Gasteiger partial charge in [-0.25, -0.2) is 4.98 Å². The summed E-state index contributed by atoms with van der Waals surface area (Å²) >= 11 is 0. The molecule has 2 aromatic rings. The zero-order valence-corrected chi connectivity index (χ0v) is 11.7. The summed E-state index contributed by atoms with van der Waals surface area (Å²) in [6.45, 7) is -0.914. The van der Waals surface area contributed by atoms with Crippen LogP contribution >= 0.6 is 0 Å². The summed E-state index contributed by atoms with van der Waals surface area (Å²) in [7, 11) is 0. The minimum Gasteiger partial charge on any atom is -0.481 e. The standard InChI is InChI=1S/C14H12F3N3O3/c15-14(16,17)9-6-20(5-8(9)12(22)23)13-18-10-4-2-1-3-7(10)11(21)19-13/h1-4,8-9H,5-6H2,(H,22,23)(H,18,19,21)/t8-,9-/m1/s1. The molecule has 2 N–H and O–H groups in total. The first kappa shape index (κ1) is 15.3. The molecule has 1 aliphatic rings. The molecule has 23 heavy (non-hydrogen) atoms. The van der Waals surface area contributed by atoms with Gasteiger partial charge in [0.1, 0.15) is 0 Å². The lowest BCUT2D eigenvalue weighted by Crippen LogP contribution is -2.33. The Balaban J connectivity index is 2.00. The molecule has 1 saturated heterocycles. The Morgan fingerprint density at radius 2 is 2.00 bits per heavy atom. The molecule has 2 atom stereocenters. The predicted molar refractivity (Wildman–Crippen MR) is 75.2 cm³/mol. The SMILES string of the molecule is O=C(O)[C@@H]1CN(c2nc3ccccc3c(=O)[nH]2)C[C@H]1C(F)(F)F. The van der Waals surface area contributed by atoms with Gasteiger partial charge < -0.3 is 10.0 Å². The molecule has 1 aliphatic heterocycles. The van der Waals surface area contributed by atoms with Crippen LogP contribution in [0.15, 0.2) is 29.1 Å². The molecule has 1 aromatic heterocycles. The molecule has 0 saturated carbocycles. The van der Waals surface area contributed by atoms with Gasteiger partial charge in [0.05, 0.1) is 22.7 Å². The summed E-state index contributed by atoms with van der Waals surface area (Å²) in [5.41, 5.74) is -0.137. The van der Waals surface area contributed by atoms with Gasteiger partial charge in [0.15, 0.2) is 0 Å². The Hall–Kier alpha value is -2.58. The number of anilines is 1. The first-order chi connectivity index (χ1) is 10.8. The number of rotatable bonds is 2. The summed E-state index contributed by atoms with van der Waals surface area (Å²) < 4.78 is 39.0. The Bertz CT molecular complexity index is 818. The highest BCUT2D eigenvalue weighted by Gasteiger charge is 2.53. The van der Waals surface area contributed by atoms with Gasteiger partial charge in [-0.2, -0.15) is 13.2 Å². The van der Waals surface area contributed by atoms with Crippen LogP contribution in [0, 0.1) is 11.8 Å². The van der Waals surface area contributed by atoms with Gasteiger partial charge in [-0.3, -0.25) is 14.6 Å². The number of carbonyl (C=O) groups is 1. The predicted octanol–water partition coefficient (Wildman–Crippen LogP) is 1.62. The average Bonchev–Trinajstić information content (AvgIpc) is 2.93. The quantitative estimate of drug-likeness (QED) is 0.875. The maximum Gasteiger partial charge on any atom is 0.394 e. The fraction of sp³-hybridized carbons (Fsp3) is 0.357. The van der Waals surface area contributed by atoms with E-state index in [-0.39, 0.29) is 12.5 Å². The second-order valence-electron chi connectivity index (χ2n) is 5.40. The number of hydrogen-bond donors (Lipinski definition) is 2. The van der Waals surface area contributed by atoms with Crippen LogP contribution in [0.25, 0.3) is 10.9 Å². The van der Waals surface area contributed by atoms with E-state index in [4.69, 9.17) is 5.11 Å². The second-order valence-corrected chi connectivity index (χ2v) is 5.40. The van der Waals surface area contributed by atoms with Crippen LogP contribution in [-0.4, -0.2) is 40.3 Å². The van der Waals surface area contributed by atoms with Crippen molar-refractivity contribution < 1.29 is 23.1 Å². The van der Waals surface area contributed by atoms with Crippen LogP contribution < -0.4 is 10.5 Å². The molecular weight excluding hydrogens is 315 g/mol. The monoisotopic (exact) mass is 327 g/mol. The van der Waals surface area contributed by atoms with E-state index in [2.05, 4.69) is 9.97 Å². The summed E-state index contributed by atoms with van der Waals surface area (Å²) in [4.78, 5) is 30.8. The number of aliphatic carboxylic acids is 1. The first-order valence-electron chi connectivity index (χ1n) is 6.81. The maximum atomic E-state index is 13.0. The normalized spacial score (nSPS) is 21.8. The Morgan fingerprint density at radius 3 is 2.61 bits per heavy atom. The molecule has 0 unspecified atom stereocenters. The smallest absolute Gasteiger partial charge is 0.394 e. The molecular formula is C14H12F3N3O3. The highest BCUT2D eigenvalue weighted by molar-refractivity contribution is 5.78. The van der Waals surface area contributed by atoms with E-state index >= 15 is 0 Å². The fourth-order valence-electron chi connectivity index (χ4n) is 2.78. The van der Waals surface area contributed by atoms with Crippen molar-refractivity contribution in [2.24, 2.45) is 11.8 Å². The molecule has 2 heterocycles. The highest BCUT2D eigenvalue weighted by atomic mass is 19.4. The van der Waals surface area contributed by atoms with Crippen LogP contribution in [0.2, 0.25) is 0 Å². The lowest BCUT2D eigenvalue weighted by atomic mass is 9.96. The zero-order chi connectivity index (χ0) is 16.8. The molecule has 9 heteroatoms. The Kier molecular flexibility index (Phi) is 3.50. The van der Waals surface area contributed by atoms with E-state index in [1.807, 2.05) is 0 Å². The van der Waals surface area contributed by atoms with Gasteiger partial charge in [-0.1, -0.05) is 12.1 Å². The van der Waals surface area contributed by atoms with E-state index in [0.29, 0.717) is 10.9 Å². The summed E-state index contributed by atoms with van der Waals surface area (Å²) in [5, 5.41) is 9.34. The van der Waals surface area contributed by atoms with Crippen molar-refractivity contribution in [1.29, 1.82) is 0 Å². The van der Waals surface area contributed by atoms with Gasteiger partial charge in [0.25, 0.3) is 5.56 Å². The number of benzene rings is 1. The highest BCUT2D eigenvalue weighted by Crippen LogP contribution is 2.38. The number of aromatic amines is 1. The molecule has 0 bridgehead atoms. The van der Waals surface area contributed by atoms with Crippen molar-refractivity contribution >= 4 is 22.8 Å². The van der Waals surface area contributed by atoms with Crippen molar-refractivity contribution in [2.45, 2.75) is 6.18 Å². The third-order valence-corrected chi connectivity index (χ3v) is 3.96. The third-order valence-electron chi connectivity index (χ3n) is 3.96. The largest absolute Gasteiger partial charge is 0.481 e. The van der Waals surface area contributed by atoms with E-state index in [9.17, 15) is 22.8 Å². The number of carboxylic acid groups (broad SMARTS) is 1. The molecule has 1 aromatic carbocycles. The lowest BCUT2D eigenvalue weighted by Gasteiger charge is -2.18. The van der Waals surface area contributed by atoms with Gasteiger partial charge >= 0.3 is 12.1 Å². The number of aromatic nitrogens is 2. The van der Waals surface area contributed by atoms with Gasteiger partial charge in [0.2, 0.25) is 5.95 Å². The first-order valence-corrected chi connectivity index (χ1v) is 6.81. The number of alkyl halides is 3. The Labute approximate surface area is 127 Å². The van der Waals surface area contributed by atoms with E-state index in [1.165, 1.54) is 0 Å². The molecule has 1 fully saturated rings. The number of para-hydroxylation sites is 1. The fourth-order valence-corrected chi connectivity index (χ4v) is 2.78. The van der Waals surface area contributed by atoms with Crippen molar-refractivity contribution in [1.82, 2.24) is 9.97 Å². The van der Waals surface area contributed by atoms with Crippen molar-refractivity contribution in [2.75, 3.05) is 18.0 Å². The van der Waals surface area contributed by atoms with Gasteiger partial charge in [-0.05, 0) is 12.1 Å². The van der Waals surface area contributed by atoms with Crippen molar-refractivity contribution in [3.63, 3.8) is 0 Å². The number of hydrogen-bond acceptors (Lipinski definition) is 4. The number of carboxylic acids is 1. The van der Waals surface area contributed by atoms with Crippen LogP contribution in [0.3, 0.4) is 0 Å². The van der Waals surface area contributed by atoms with Crippen molar-refractivity contribution in [3.8, 4) is 0 Å². The van der Waals surface area contributed by atoms with Gasteiger partial charge in [-0.15, -0.1) is 0 Å². The molecule has 0 radical (unpaired) electrons. The molecule has 6 nitrogen and oxygen atoms in total. The molecule has 122 valence electrons. The van der Waals surface area contributed by atoms with Crippen LogP contribution in [-0.2, 0) is 4.79 Å². The molecule has 3 rings (SSSR count). The van der Waals surface area contributed by atoms with E-state index in [0.717, 1.165) is 4.90 Å². The van der Waals surface area contributed by atoms with Crippen LogP contribution in [0.1, 0.15) is 0 Å². The maximum absolute atomic E-state index is 13.0. The van der Waals surface area contributed by atoms with Gasteiger partial charge in [0, 0.05) is 13.1 Å². The second kappa shape index (κ2) is 5.25. The number of fused-ring (bicyclic) bond motifs is 1. The average molecular weight is 327 g/mol. The van der Waals surface area contributed by atoms with Crippen LogP contribution in [0.4, 0.5) is 19.1 Å². The number of nitrogens with zero attached hydrogens (tertiary/aromatic N) is 2. The minimum atomic E-state index is -4.63. The zero-order valence-electron chi connectivity index (χ0n) is 11.7. The number of nitrogens with one attached hydrogen (secondary N) is 1. The molecule has 0 amide bonds. The van der Waals surface area contributed by atoms with Crippen molar-refractivity contribution in [3.05, 3.63) is 34.6 Å². The summed E-state index contributed by atoms with van der Waals surface area (Å²) in [5.74, 6) is -5.16. The lowest BCUT2D eigenvalue weighted by molar-refractivity contribution is -0.187. The third kappa shape index (κ3) is 2.73. The molecule has 0 aliphatic carbocycles. The Morgan fingerprint density at radius 1 is 1.30 bits per heavy atom. The minimum absolute atomic E-state index is 0.0494. The topological polar surface area (TPSA) is 86.3 Å². The number of H-pyrrole nitrogens is 1.